The summed E-state index contributed by atoms with van der Waals surface area (Å²) in [5.74, 6) is 0. The van der Waals surface area contributed by atoms with Crippen molar-refractivity contribution in [1.29, 1.82) is 0 Å². The van der Waals surface area contributed by atoms with Crippen molar-refractivity contribution in [2.24, 2.45) is 11.5 Å². The Morgan fingerprint density at radius 3 is 1.45 bits per heavy atom. The molecular formula is C4H12I4N2Pb. The standard InChI is InChI=1S/C4H12N2.4HI.Pb/c1-2-3-4(5)6;;;;;/h4H,2-3,5-6H2,1H3;4*1H;/q;;;;;+4/p-4. The Morgan fingerprint density at radius 2 is 1.45 bits per heavy atom. The van der Waals surface area contributed by atoms with Crippen molar-refractivity contribution in [2.45, 2.75) is 25.9 Å². The molecule has 0 unspecified atom stereocenters. The molecule has 0 spiro atoms. The molecule has 0 aliphatic rings. The molecular weight excluding hydrogens is 791 g/mol. The summed E-state index contributed by atoms with van der Waals surface area (Å²) in [6.07, 6.45) is 1.91. The predicted octanol–water partition coefficient (Wildman–Crippen LogP) is 3.19. The molecule has 0 aliphatic carbocycles. The summed E-state index contributed by atoms with van der Waals surface area (Å²) in [4.78, 5) is 0. The van der Waals surface area contributed by atoms with Crippen molar-refractivity contribution in [2.75, 3.05) is 0 Å². The van der Waals surface area contributed by atoms with E-state index >= 15 is 0 Å². The first kappa shape index (κ1) is 17.2. The van der Waals surface area contributed by atoms with Gasteiger partial charge < -0.3 is 11.5 Å². The summed E-state index contributed by atoms with van der Waals surface area (Å²) in [5.41, 5.74) is 10.4. The van der Waals surface area contributed by atoms with Gasteiger partial charge in [-0.3, -0.25) is 0 Å². The number of hydrogen-bond acceptors (Lipinski definition) is 2. The average Bonchev–Trinajstić information content (AvgIpc) is 1.58. The molecule has 0 radical (unpaired) electrons. The molecule has 0 saturated carbocycles. The monoisotopic (exact) mass is 804 g/mol. The molecule has 7 heteroatoms. The molecule has 0 fully saturated rings. The van der Waals surface area contributed by atoms with Crippen molar-refractivity contribution in [1.82, 2.24) is 0 Å². The van der Waals surface area contributed by atoms with Gasteiger partial charge in [-0.2, -0.15) is 0 Å². The maximum atomic E-state index is 5.18. The first-order valence-electron chi connectivity index (χ1n) is 3.04. The normalized spacial score (nSPS) is 10.9. The first-order chi connectivity index (χ1) is 4.77. The van der Waals surface area contributed by atoms with Crippen LogP contribution < -0.4 is 11.5 Å². The summed E-state index contributed by atoms with van der Waals surface area (Å²) < 4.78 is -1.40. The molecule has 0 aromatic rings. The molecule has 0 atom stereocenters. The fraction of sp³-hybridized carbons (Fsp3) is 1.00. The van der Waals surface area contributed by atoms with Gasteiger partial charge in [0.15, 0.2) is 0 Å². The third-order valence-electron chi connectivity index (χ3n) is 0.622. The summed E-state index contributed by atoms with van der Waals surface area (Å²) in [5, 5.41) is 0. The van der Waals surface area contributed by atoms with Crippen molar-refractivity contribution in [3.63, 3.8) is 0 Å². The van der Waals surface area contributed by atoms with Gasteiger partial charge in [0, 0.05) is 0 Å². The number of rotatable bonds is 2. The Morgan fingerprint density at radius 1 is 1.18 bits per heavy atom. The second-order valence-electron chi connectivity index (χ2n) is 1.88. The minimum absolute atomic E-state index is 0.102. The molecule has 0 bridgehead atoms. The molecule has 4 N–H and O–H groups in total. The van der Waals surface area contributed by atoms with Crippen LogP contribution in [0.15, 0.2) is 0 Å². The minimum atomic E-state index is -1.40. The topological polar surface area (TPSA) is 52.0 Å². The maximum absolute atomic E-state index is 5.18. The molecule has 11 heavy (non-hydrogen) atoms. The zero-order chi connectivity index (χ0) is 9.49. The van der Waals surface area contributed by atoms with Gasteiger partial charge in [0.05, 0.1) is 6.17 Å². The van der Waals surface area contributed by atoms with Crippen molar-refractivity contribution in [3.8, 4) is 0 Å². The van der Waals surface area contributed by atoms with Crippen LogP contribution in [-0.4, -0.2) is 10.2 Å². The van der Waals surface area contributed by atoms with Crippen LogP contribution in [0.4, 0.5) is 0 Å². The predicted molar refractivity (Wildman–Crippen MR) is 88.9 cm³/mol. The molecule has 70 valence electrons. The SMILES string of the molecule is CCCC(N)N.[I][Pb]([I])([I])[I]. The summed E-state index contributed by atoms with van der Waals surface area (Å²) in [6.45, 7) is 2.06. The fourth-order valence-electron chi connectivity index (χ4n) is 0.333. The summed E-state index contributed by atoms with van der Waals surface area (Å²) in [6, 6.07) is 0. The zero-order valence-electron chi connectivity index (χ0n) is 6.16. The van der Waals surface area contributed by atoms with Gasteiger partial charge in [0.2, 0.25) is 0 Å². The van der Waals surface area contributed by atoms with Gasteiger partial charge in [-0.05, 0) is 6.42 Å². The number of hydrogen-bond donors (Lipinski definition) is 2. The molecule has 0 aromatic carbocycles. The van der Waals surface area contributed by atoms with E-state index in [9.17, 15) is 0 Å². The average molecular weight is 803 g/mol. The van der Waals surface area contributed by atoms with E-state index in [0.717, 1.165) is 12.8 Å². The van der Waals surface area contributed by atoms with Crippen LogP contribution in [0.5, 0.6) is 0 Å². The zero-order valence-corrected chi connectivity index (χ0v) is 18.7. The van der Waals surface area contributed by atoms with Crippen molar-refractivity contribution < 1.29 is 0 Å². The van der Waals surface area contributed by atoms with Gasteiger partial charge in [-0.1, -0.05) is 13.3 Å². The molecule has 0 aliphatic heterocycles. The Hall–Kier alpha value is 3.76. The van der Waals surface area contributed by atoms with Crippen LogP contribution in [0, 0.1) is 0 Å². The Kier molecular flexibility index (Phi) is 16.1. The third-order valence-corrected chi connectivity index (χ3v) is 0.622. The molecule has 0 heterocycles. The van der Waals surface area contributed by atoms with Crippen LogP contribution in [0.3, 0.4) is 0 Å². The Bertz CT molecular complexity index is 78.7. The quantitative estimate of drug-likeness (QED) is 0.257. The van der Waals surface area contributed by atoms with Crippen molar-refractivity contribution >= 4 is 75.0 Å². The summed E-state index contributed by atoms with van der Waals surface area (Å²) in [7, 11) is 0. The molecule has 0 aromatic heterocycles. The number of nitrogens with two attached hydrogens (primary N) is 2. The second-order valence-corrected chi connectivity index (χ2v) is 171. The van der Waals surface area contributed by atoms with E-state index in [-0.39, 0.29) is 6.17 Å². The van der Waals surface area contributed by atoms with E-state index in [1.165, 1.54) is 0 Å². The van der Waals surface area contributed by atoms with Gasteiger partial charge >= 0.3 is 75.0 Å². The van der Waals surface area contributed by atoms with Crippen LogP contribution in [0.25, 0.3) is 0 Å². The van der Waals surface area contributed by atoms with E-state index in [2.05, 4.69) is 78.0 Å². The first-order valence-corrected chi connectivity index (χ1v) is 46.8. The second kappa shape index (κ2) is 10.3. The molecule has 0 amide bonds. The van der Waals surface area contributed by atoms with E-state index in [0.29, 0.717) is 0 Å². The van der Waals surface area contributed by atoms with E-state index < -0.39 is 4.00 Å². The van der Waals surface area contributed by atoms with Crippen LogP contribution in [-0.2, 0) is 0 Å². The Labute approximate surface area is 109 Å². The third kappa shape index (κ3) is 41.6. The Balaban J connectivity index is 0. The molecule has 0 saturated heterocycles. The van der Waals surface area contributed by atoms with Crippen LogP contribution in [0.2, 0.25) is 0 Å². The number of halogens is 4. The van der Waals surface area contributed by atoms with Gasteiger partial charge in [-0.15, -0.1) is 0 Å². The van der Waals surface area contributed by atoms with Gasteiger partial charge in [-0.25, -0.2) is 0 Å². The van der Waals surface area contributed by atoms with Gasteiger partial charge in [0.25, 0.3) is 0 Å². The van der Waals surface area contributed by atoms with E-state index in [1.807, 2.05) is 0 Å². The fourth-order valence-corrected chi connectivity index (χ4v) is 0.333. The van der Waals surface area contributed by atoms with E-state index in [1.54, 1.807) is 0 Å². The van der Waals surface area contributed by atoms with Gasteiger partial charge in [0.1, 0.15) is 0 Å². The van der Waals surface area contributed by atoms with Crippen LogP contribution in [0.1, 0.15) is 19.8 Å². The molecule has 0 rings (SSSR count). The van der Waals surface area contributed by atoms with Crippen LogP contribution >= 0.6 is 71.0 Å². The van der Waals surface area contributed by atoms with Crippen molar-refractivity contribution in [3.05, 3.63) is 0 Å². The molecule has 2 nitrogen and oxygen atoms in total. The van der Waals surface area contributed by atoms with E-state index in [4.69, 9.17) is 11.5 Å². The summed E-state index contributed by atoms with van der Waals surface area (Å²) >= 11 is 10.2.